The van der Waals surface area contributed by atoms with Gasteiger partial charge in [0.2, 0.25) is 5.78 Å². The number of pyridine rings is 1. The second-order valence-electron chi connectivity index (χ2n) is 5.09. The number of benzene rings is 2. The van der Waals surface area contributed by atoms with Gasteiger partial charge in [-0.2, -0.15) is 0 Å². The lowest BCUT2D eigenvalue weighted by Gasteiger charge is -2.09. The van der Waals surface area contributed by atoms with Gasteiger partial charge in [0.05, 0.1) is 5.52 Å². The topological polar surface area (TPSA) is 30.0 Å². The van der Waals surface area contributed by atoms with Crippen LogP contribution < -0.4 is 0 Å². The average molecular weight is 340 g/mol. The molecule has 0 aliphatic carbocycles. The van der Waals surface area contributed by atoms with Gasteiger partial charge in [-0.1, -0.05) is 36.4 Å². The van der Waals surface area contributed by atoms with Crippen LogP contribution in [0.25, 0.3) is 10.9 Å². The lowest BCUT2D eigenvalue weighted by atomic mass is 9.98. The van der Waals surface area contributed by atoms with Crippen LogP contribution in [0, 0.1) is 13.8 Å². The van der Waals surface area contributed by atoms with E-state index in [1.54, 1.807) is 0 Å². The van der Waals surface area contributed by atoms with Crippen molar-refractivity contribution in [1.82, 2.24) is 4.98 Å². The Labute approximate surface area is 132 Å². The number of ketones is 1. The molecule has 2 aromatic carbocycles. The van der Waals surface area contributed by atoms with E-state index in [2.05, 4.69) is 20.9 Å². The predicted octanol–water partition coefficient (Wildman–Crippen LogP) is 4.85. The van der Waals surface area contributed by atoms with Gasteiger partial charge < -0.3 is 0 Å². The Morgan fingerprint density at radius 3 is 2.62 bits per heavy atom. The highest BCUT2D eigenvalue weighted by Crippen LogP contribution is 2.25. The fourth-order valence-corrected chi connectivity index (χ4v) is 2.89. The van der Waals surface area contributed by atoms with Crippen LogP contribution >= 0.6 is 15.9 Å². The zero-order valence-corrected chi connectivity index (χ0v) is 13.4. The first-order chi connectivity index (χ1) is 10.1. The summed E-state index contributed by atoms with van der Waals surface area (Å²) in [6.45, 7) is 3.98. The van der Waals surface area contributed by atoms with Crippen LogP contribution in [0.3, 0.4) is 0 Å². The van der Waals surface area contributed by atoms with E-state index in [1.165, 1.54) is 0 Å². The highest BCUT2D eigenvalue weighted by molar-refractivity contribution is 9.10. The van der Waals surface area contributed by atoms with Gasteiger partial charge in [-0.05, 0) is 53.0 Å². The Hall–Kier alpha value is -2.00. The fraction of sp³-hybridized carbons (Fsp3) is 0.111. The molecule has 3 rings (SSSR count). The molecule has 0 unspecified atom stereocenters. The number of carbonyl (C=O) groups is 1. The minimum Gasteiger partial charge on any atom is -0.287 e. The van der Waals surface area contributed by atoms with Crippen molar-refractivity contribution in [2.24, 2.45) is 0 Å². The van der Waals surface area contributed by atoms with Gasteiger partial charge in [-0.15, -0.1) is 0 Å². The summed E-state index contributed by atoms with van der Waals surface area (Å²) in [5.74, 6) is -0.0474. The fourth-order valence-electron chi connectivity index (χ4n) is 2.37. The van der Waals surface area contributed by atoms with Crippen LogP contribution in [-0.2, 0) is 0 Å². The Balaban J connectivity index is 2.17. The maximum absolute atomic E-state index is 12.8. The number of para-hydroxylation sites is 1. The molecular formula is C18H14BrNO. The second kappa shape index (κ2) is 5.41. The van der Waals surface area contributed by atoms with Crippen molar-refractivity contribution in [3.05, 3.63) is 75.4 Å². The molecule has 0 radical (unpaired) electrons. The zero-order chi connectivity index (χ0) is 15.0. The zero-order valence-electron chi connectivity index (χ0n) is 11.9. The number of aromatic nitrogens is 1. The molecule has 0 fully saturated rings. The molecule has 1 heterocycles. The van der Waals surface area contributed by atoms with Gasteiger partial charge in [0, 0.05) is 15.4 Å². The number of fused-ring (bicyclic) bond motifs is 1. The molecule has 104 valence electrons. The van der Waals surface area contributed by atoms with Gasteiger partial charge in [-0.3, -0.25) is 4.79 Å². The van der Waals surface area contributed by atoms with E-state index in [4.69, 9.17) is 0 Å². The maximum Gasteiger partial charge on any atom is 0.212 e. The summed E-state index contributed by atoms with van der Waals surface area (Å²) in [5, 5.41) is 1.02. The number of rotatable bonds is 2. The summed E-state index contributed by atoms with van der Waals surface area (Å²) in [4.78, 5) is 17.3. The van der Waals surface area contributed by atoms with Crippen LogP contribution in [0.2, 0.25) is 0 Å². The quantitative estimate of drug-likeness (QED) is 0.625. The van der Waals surface area contributed by atoms with Crippen molar-refractivity contribution >= 4 is 32.6 Å². The molecule has 1 aromatic heterocycles. The predicted molar refractivity (Wildman–Crippen MR) is 88.8 cm³/mol. The van der Waals surface area contributed by atoms with Crippen LogP contribution in [0.1, 0.15) is 27.2 Å². The molecule has 2 nitrogen and oxygen atoms in total. The van der Waals surface area contributed by atoms with Gasteiger partial charge in [0.15, 0.2) is 0 Å². The summed E-state index contributed by atoms with van der Waals surface area (Å²) in [7, 11) is 0. The first-order valence-corrected chi connectivity index (χ1v) is 7.53. The Kier molecular flexibility index (Phi) is 3.60. The third-order valence-corrected chi connectivity index (χ3v) is 4.35. The number of aryl methyl sites for hydroxylation is 1. The summed E-state index contributed by atoms with van der Waals surface area (Å²) in [6.07, 6.45) is 0. The van der Waals surface area contributed by atoms with Crippen molar-refractivity contribution in [2.45, 2.75) is 13.8 Å². The number of hydrogen-bond acceptors (Lipinski definition) is 2. The monoisotopic (exact) mass is 339 g/mol. The first-order valence-electron chi connectivity index (χ1n) is 6.74. The van der Waals surface area contributed by atoms with E-state index >= 15 is 0 Å². The van der Waals surface area contributed by atoms with Gasteiger partial charge in [0.25, 0.3) is 0 Å². The smallest absolute Gasteiger partial charge is 0.212 e. The second-order valence-corrected chi connectivity index (χ2v) is 5.94. The van der Waals surface area contributed by atoms with Crippen LogP contribution in [0.4, 0.5) is 0 Å². The van der Waals surface area contributed by atoms with Crippen LogP contribution in [-0.4, -0.2) is 10.8 Å². The summed E-state index contributed by atoms with van der Waals surface area (Å²) in [6, 6.07) is 15.5. The third kappa shape index (κ3) is 2.49. The lowest BCUT2D eigenvalue weighted by molar-refractivity contribution is 0.103. The van der Waals surface area contributed by atoms with Crippen molar-refractivity contribution in [1.29, 1.82) is 0 Å². The third-order valence-electron chi connectivity index (χ3n) is 3.74. The summed E-state index contributed by atoms with van der Waals surface area (Å²) >= 11 is 3.48. The molecule has 3 heteroatoms. The van der Waals surface area contributed by atoms with Crippen LogP contribution in [0.15, 0.2) is 53.0 Å². The normalized spacial score (nSPS) is 10.8. The standard InChI is InChI=1S/C18H14BrNO/c1-11-6-5-8-14(12(11)2)18(21)17-15(19)10-13-7-3-4-9-16(13)20-17/h3-10H,1-2H3. The first kappa shape index (κ1) is 14.0. The van der Waals surface area contributed by atoms with E-state index in [0.717, 1.165) is 26.5 Å². The van der Waals surface area contributed by atoms with E-state index in [0.29, 0.717) is 11.3 Å². The van der Waals surface area contributed by atoms with Crippen LogP contribution in [0.5, 0.6) is 0 Å². The van der Waals surface area contributed by atoms with Crippen molar-refractivity contribution in [2.75, 3.05) is 0 Å². The van der Waals surface area contributed by atoms with Crippen molar-refractivity contribution in [3.8, 4) is 0 Å². The SMILES string of the molecule is Cc1cccc(C(=O)c2nc3ccccc3cc2Br)c1C. The molecule has 21 heavy (non-hydrogen) atoms. The van der Waals surface area contributed by atoms with E-state index in [9.17, 15) is 4.79 Å². The van der Waals surface area contributed by atoms with Crippen molar-refractivity contribution < 1.29 is 4.79 Å². The number of nitrogens with zero attached hydrogens (tertiary/aromatic N) is 1. The maximum atomic E-state index is 12.8. The molecule has 0 saturated carbocycles. The Bertz CT molecular complexity index is 855. The van der Waals surface area contributed by atoms with E-state index in [1.807, 2.05) is 62.4 Å². The Morgan fingerprint density at radius 1 is 1.05 bits per heavy atom. The molecule has 0 spiro atoms. The molecule has 0 amide bonds. The molecule has 0 atom stereocenters. The number of hydrogen-bond donors (Lipinski definition) is 0. The van der Waals surface area contributed by atoms with E-state index < -0.39 is 0 Å². The molecule has 0 saturated heterocycles. The molecular weight excluding hydrogens is 326 g/mol. The van der Waals surface area contributed by atoms with Crippen molar-refractivity contribution in [3.63, 3.8) is 0 Å². The summed E-state index contributed by atoms with van der Waals surface area (Å²) < 4.78 is 0.729. The largest absolute Gasteiger partial charge is 0.287 e. The average Bonchev–Trinajstić information content (AvgIpc) is 2.48. The minimum absolute atomic E-state index is 0.0474. The molecule has 0 aliphatic rings. The molecule has 0 bridgehead atoms. The number of carbonyl (C=O) groups excluding carboxylic acids is 1. The van der Waals surface area contributed by atoms with E-state index in [-0.39, 0.29) is 5.78 Å². The number of halogens is 1. The van der Waals surface area contributed by atoms with Gasteiger partial charge >= 0.3 is 0 Å². The molecule has 0 N–H and O–H groups in total. The summed E-state index contributed by atoms with van der Waals surface area (Å²) in [5.41, 5.74) is 4.11. The molecule has 3 aromatic rings. The van der Waals surface area contributed by atoms with Gasteiger partial charge in [0.1, 0.15) is 5.69 Å². The Morgan fingerprint density at radius 2 is 1.81 bits per heavy atom. The lowest BCUT2D eigenvalue weighted by Crippen LogP contribution is -2.08. The highest BCUT2D eigenvalue weighted by atomic mass is 79.9. The van der Waals surface area contributed by atoms with Gasteiger partial charge in [-0.25, -0.2) is 4.98 Å². The highest BCUT2D eigenvalue weighted by Gasteiger charge is 2.17. The molecule has 0 aliphatic heterocycles. The minimum atomic E-state index is -0.0474.